The number of rotatable bonds is 6. The zero-order valence-corrected chi connectivity index (χ0v) is 19.3. The molecule has 0 saturated carbocycles. The highest BCUT2D eigenvalue weighted by molar-refractivity contribution is 7.91. The summed E-state index contributed by atoms with van der Waals surface area (Å²) in [6, 6.07) is 15.9. The van der Waals surface area contributed by atoms with Crippen LogP contribution in [0.25, 0.3) is 0 Å². The van der Waals surface area contributed by atoms with Crippen molar-refractivity contribution < 1.29 is 36.3 Å². The van der Waals surface area contributed by atoms with Crippen LogP contribution in [0.2, 0.25) is 0 Å². The number of carboxylic acids is 1. The Balaban J connectivity index is 0.000000540. The Kier molecular flexibility index (Phi) is 9.79. The monoisotopic (exact) mass is 511 g/mol. The Morgan fingerprint density at radius 1 is 1.09 bits per heavy atom. The van der Waals surface area contributed by atoms with Gasteiger partial charge in [0.05, 0.1) is 21.9 Å². The molecule has 0 radical (unpaired) electrons. The van der Waals surface area contributed by atoms with Crippen molar-refractivity contribution in [3.63, 3.8) is 0 Å². The third-order valence-corrected chi connectivity index (χ3v) is 6.85. The lowest BCUT2D eigenvalue weighted by Crippen LogP contribution is -2.49. The van der Waals surface area contributed by atoms with E-state index in [1.807, 2.05) is 0 Å². The van der Waals surface area contributed by atoms with Crippen LogP contribution in [0.4, 0.5) is 13.2 Å². The Morgan fingerprint density at radius 3 is 2.14 bits per heavy atom. The van der Waals surface area contributed by atoms with Gasteiger partial charge in [-0.2, -0.15) is 18.4 Å². The number of nitriles is 1. The summed E-state index contributed by atoms with van der Waals surface area (Å²) in [5.74, 6) is -2.91. The highest BCUT2D eigenvalue weighted by atomic mass is 32.2. The van der Waals surface area contributed by atoms with Crippen molar-refractivity contribution in [2.45, 2.75) is 53.7 Å². The van der Waals surface area contributed by atoms with E-state index in [9.17, 15) is 31.6 Å². The number of aliphatic carboxylic acids is 1. The quantitative estimate of drug-likeness (QED) is 0.543. The van der Waals surface area contributed by atoms with Crippen LogP contribution in [-0.4, -0.2) is 50.2 Å². The molecule has 2 aromatic carbocycles. The molecule has 2 atom stereocenters. The molecule has 12 heteroatoms. The molecule has 0 bridgehead atoms. The summed E-state index contributed by atoms with van der Waals surface area (Å²) in [6.07, 6.45) is -1.93. The highest BCUT2D eigenvalue weighted by Crippen LogP contribution is 2.21. The summed E-state index contributed by atoms with van der Waals surface area (Å²) in [5, 5.41) is 22.4. The van der Waals surface area contributed by atoms with Crippen molar-refractivity contribution in [1.82, 2.24) is 10.6 Å². The number of piperidine rings is 1. The summed E-state index contributed by atoms with van der Waals surface area (Å²) in [5.41, 5.74) is 0.787. The van der Waals surface area contributed by atoms with Gasteiger partial charge >= 0.3 is 12.1 Å². The number of carbonyl (C=O) groups is 2. The maximum absolute atomic E-state index is 12.6. The normalized spacial score (nSPS) is 16.7. The van der Waals surface area contributed by atoms with E-state index in [1.54, 1.807) is 42.5 Å². The van der Waals surface area contributed by atoms with E-state index in [-0.39, 0.29) is 21.7 Å². The fourth-order valence-electron chi connectivity index (χ4n) is 3.25. The molecule has 1 amide bonds. The van der Waals surface area contributed by atoms with Crippen molar-refractivity contribution in [1.29, 1.82) is 5.26 Å². The SMILES string of the molecule is N#C[C@H](Cc1ccc(S(=O)(=O)c2ccccc2)cc1)NC(=O)[C@@H]1CCCCN1.O=C(O)C(F)(F)F. The fraction of sp³-hybridized carbons (Fsp3) is 0.348. The molecule has 3 rings (SSSR count). The Labute approximate surface area is 200 Å². The molecule has 0 unspecified atom stereocenters. The summed E-state index contributed by atoms with van der Waals surface area (Å²) in [4.78, 5) is 21.6. The van der Waals surface area contributed by atoms with Gasteiger partial charge in [0.2, 0.25) is 15.7 Å². The van der Waals surface area contributed by atoms with Gasteiger partial charge in [-0.15, -0.1) is 0 Å². The number of carbonyl (C=O) groups excluding carboxylic acids is 1. The van der Waals surface area contributed by atoms with Crippen molar-refractivity contribution in [2.24, 2.45) is 0 Å². The van der Waals surface area contributed by atoms with Gasteiger partial charge in [-0.3, -0.25) is 4.79 Å². The number of hydrogen-bond acceptors (Lipinski definition) is 6. The third kappa shape index (κ3) is 8.38. The van der Waals surface area contributed by atoms with E-state index in [4.69, 9.17) is 9.90 Å². The van der Waals surface area contributed by atoms with E-state index in [0.717, 1.165) is 31.4 Å². The molecule has 0 spiro atoms. The average molecular weight is 512 g/mol. The number of carboxylic acid groups (broad SMARTS) is 1. The second-order valence-corrected chi connectivity index (χ2v) is 9.61. The Bertz CT molecular complexity index is 1140. The number of halogens is 3. The number of nitrogens with zero attached hydrogens (tertiary/aromatic N) is 1. The fourth-order valence-corrected chi connectivity index (χ4v) is 4.53. The molecule has 1 aliphatic heterocycles. The Hall–Kier alpha value is -3.43. The van der Waals surface area contributed by atoms with Gasteiger partial charge in [-0.05, 0) is 49.2 Å². The van der Waals surface area contributed by atoms with Crippen LogP contribution in [-0.2, 0) is 25.8 Å². The van der Waals surface area contributed by atoms with E-state index in [1.165, 1.54) is 12.1 Å². The van der Waals surface area contributed by atoms with Crippen molar-refractivity contribution >= 4 is 21.7 Å². The molecule has 1 heterocycles. The predicted molar refractivity (Wildman–Crippen MR) is 119 cm³/mol. The largest absolute Gasteiger partial charge is 0.490 e. The highest BCUT2D eigenvalue weighted by Gasteiger charge is 2.38. The van der Waals surface area contributed by atoms with Crippen LogP contribution < -0.4 is 10.6 Å². The zero-order valence-electron chi connectivity index (χ0n) is 18.5. The van der Waals surface area contributed by atoms with Crippen LogP contribution >= 0.6 is 0 Å². The Morgan fingerprint density at radius 2 is 1.66 bits per heavy atom. The number of benzene rings is 2. The predicted octanol–water partition coefficient (Wildman–Crippen LogP) is 2.85. The lowest BCUT2D eigenvalue weighted by molar-refractivity contribution is -0.192. The second kappa shape index (κ2) is 12.3. The van der Waals surface area contributed by atoms with Crippen LogP contribution in [0.1, 0.15) is 24.8 Å². The standard InChI is InChI=1S/C21H23N3O3S.C2HF3O2/c22-15-17(24-21(25)20-8-4-5-13-23-20)14-16-9-11-19(12-10-16)28(26,27)18-6-2-1-3-7-18;3-2(4,5)1(6)7/h1-3,6-7,9-12,17,20,23H,4-5,8,13-14H2,(H,24,25);(H,6,7)/t17-,20-;/m0./s1. The maximum Gasteiger partial charge on any atom is 0.490 e. The first-order chi connectivity index (χ1) is 16.4. The number of hydrogen-bond donors (Lipinski definition) is 3. The van der Waals surface area contributed by atoms with E-state index < -0.39 is 28.0 Å². The van der Waals surface area contributed by atoms with Crippen molar-refractivity contribution in [3.8, 4) is 6.07 Å². The van der Waals surface area contributed by atoms with Crippen LogP contribution in [0, 0.1) is 11.3 Å². The third-order valence-electron chi connectivity index (χ3n) is 5.07. The molecule has 2 aromatic rings. The first-order valence-electron chi connectivity index (χ1n) is 10.6. The average Bonchev–Trinajstić information content (AvgIpc) is 2.84. The van der Waals surface area contributed by atoms with Gasteiger partial charge < -0.3 is 15.7 Å². The number of sulfone groups is 1. The first-order valence-corrected chi connectivity index (χ1v) is 12.1. The van der Waals surface area contributed by atoms with Crippen molar-refractivity contribution in [2.75, 3.05) is 6.54 Å². The summed E-state index contributed by atoms with van der Waals surface area (Å²) < 4.78 is 57.0. The summed E-state index contributed by atoms with van der Waals surface area (Å²) in [7, 11) is -3.57. The van der Waals surface area contributed by atoms with Gasteiger partial charge in [0.1, 0.15) is 6.04 Å². The van der Waals surface area contributed by atoms with Gasteiger partial charge in [0.25, 0.3) is 0 Å². The molecule has 188 valence electrons. The molecule has 35 heavy (non-hydrogen) atoms. The summed E-state index contributed by atoms with van der Waals surface area (Å²) in [6.45, 7) is 0.812. The van der Waals surface area contributed by atoms with E-state index in [0.29, 0.717) is 6.42 Å². The summed E-state index contributed by atoms with van der Waals surface area (Å²) >= 11 is 0. The topological polar surface area (TPSA) is 136 Å². The van der Waals surface area contributed by atoms with Crippen LogP contribution in [0.15, 0.2) is 64.4 Å². The minimum absolute atomic E-state index is 0.158. The molecular weight excluding hydrogens is 487 g/mol. The smallest absolute Gasteiger partial charge is 0.475 e. The molecule has 1 saturated heterocycles. The molecule has 1 fully saturated rings. The van der Waals surface area contributed by atoms with Crippen LogP contribution in [0.3, 0.4) is 0 Å². The first kappa shape index (κ1) is 27.8. The van der Waals surface area contributed by atoms with Gasteiger partial charge in [0.15, 0.2) is 0 Å². The number of amides is 1. The van der Waals surface area contributed by atoms with E-state index >= 15 is 0 Å². The minimum Gasteiger partial charge on any atom is -0.475 e. The molecule has 1 aliphatic rings. The lowest BCUT2D eigenvalue weighted by atomic mass is 10.0. The molecule has 0 aliphatic carbocycles. The lowest BCUT2D eigenvalue weighted by Gasteiger charge is -2.23. The van der Waals surface area contributed by atoms with Gasteiger partial charge in [-0.25, -0.2) is 13.2 Å². The van der Waals surface area contributed by atoms with Crippen LogP contribution in [0.5, 0.6) is 0 Å². The second-order valence-electron chi connectivity index (χ2n) is 7.66. The van der Waals surface area contributed by atoms with Gasteiger partial charge in [0, 0.05) is 6.42 Å². The van der Waals surface area contributed by atoms with E-state index in [2.05, 4.69) is 16.7 Å². The molecule has 8 nitrogen and oxygen atoms in total. The molecule has 3 N–H and O–H groups in total. The maximum atomic E-state index is 12.6. The van der Waals surface area contributed by atoms with Gasteiger partial charge in [-0.1, -0.05) is 36.8 Å². The minimum atomic E-state index is -5.08. The number of nitrogens with one attached hydrogen (secondary N) is 2. The number of alkyl halides is 3. The molecule has 0 aromatic heterocycles. The zero-order chi connectivity index (χ0) is 26.1. The molecular formula is C23H24F3N3O5S. The van der Waals surface area contributed by atoms with Crippen molar-refractivity contribution in [3.05, 3.63) is 60.2 Å².